The standard InChI is InChI=1S/C21H20ClN5O3/c1-24-18-17(19(28)27(21(24)29)12-14-5-2-6-15(22)11-14)26-9-4-8-25(20(26)23-18)13-16-7-3-10-30-16/h2-3,5-7,10-11H,4,8-9,12-13H2,1H3. The summed E-state index contributed by atoms with van der Waals surface area (Å²) in [5.41, 5.74) is 0.887. The van der Waals surface area contributed by atoms with Crippen molar-refractivity contribution in [1.29, 1.82) is 0 Å². The van der Waals surface area contributed by atoms with E-state index in [9.17, 15) is 9.59 Å². The third-order valence-electron chi connectivity index (χ3n) is 5.46. The molecule has 1 aliphatic heterocycles. The smallest absolute Gasteiger partial charge is 0.332 e. The lowest BCUT2D eigenvalue weighted by Gasteiger charge is -2.28. The van der Waals surface area contributed by atoms with Gasteiger partial charge in [0.15, 0.2) is 11.2 Å². The number of halogens is 1. The lowest BCUT2D eigenvalue weighted by Crippen LogP contribution is -2.40. The third kappa shape index (κ3) is 3.04. The topological polar surface area (TPSA) is 78.2 Å². The Morgan fingerprint density at radius 1 is 1.13 bits per heavy atom. The first-order valence-corrected chi connectivity index (χ1v) is 10.1. The number of aromatic nitrogens is 4. The lowest BCUT2D eigenvalue weighted by atomic mass is 10.2. The number of fused-ring (bicyclic) bond motifs is 3. The van der Waals surface area contributed by atoms with Crippen LogP contribution >= 0.6 is 11.6 Å². The van der Waals surface area contributed by atoms with Gasteiger partial charge in [-0.3, -0.25) is 13.9 Å². The van der Waals surface area contributed by atoms with Gasteiger partial charge < -0.3 is 13.9 Å². The molecule has 0 bridgehead atoms. The van der Waals surface area contributed by atoms with E-state index in [1.807, 2.05) is 22.8 Å². The molecule has 0 amide bonds. The predicted octanol–water partition coefficient (Wildman–Crippen LogP) is 2.60. The van der Waals surface area contributed by atoms with Crippen LogP contribution in [-0.4, -0.2) is 25.2 Å². The van der Waals surface area contributed by atoms with Gasteiger partial charge in [0.25, 0.3) is 5.56 Å². The van der Waals surface area contributed by atoms with Gasteiger partial charge in [-0.1, -0.05) is 23.7 Å². The number of aryl methyl sites for hydroxylation is 2. The van der Waals surface area contributed by atoms with Crippen molar-refractivity contribution in [3.63, 3.8) is 0 Å². The molecule has 154 valence electrons. The zero-order valence-corrected chi connectivity index (χ0v) is 17.2. The molecule has 0 saturated carbocycles. The molecule has 5 rings (SSSR count). The maximum Gasteiger partial charge on any atom is 0.332 e. The molecule has 9 heteroatoms. The van der Waals surface area contributed by atoms with Gasteiger partial charge in [-0.25, -0.2) is 4.79 Å². The van der Waals surface area contributed by atoms with Gasteiger partial charge >= 0.3 is 5.69 Å². The summed E-state index contributed by atoms with van der Waals surface area (Å²) >= 11 is 6.07. The summed E-state index contributed by atoms with van der Waals surface area (Å²) in [4.78, 5) is 33.1. The maximum atomic E-state index is 13.4. The fraction of sp³-hybridized carbons (Fsp3) is 0.286. The normalized spacial score (nSPS) is 13.7. The van der Waals surface area contributed by atoms with E-state index in [0.717, 1.165) is 24.3 Å². The van der Waals surface area contributed by atoms with Crippen LogP contribution in [0.1, 0.15) is 17.7 Å². The molecule has 4 heterocycles. The first kappa shape index (κ1) is 18.7. The summed E-state index contributed by atoms with van der Waals surface area (Å²) in [5, 5.41) is 0.564. The summed E-state index contributed by atoms with van der Waals surface area (Å²) in [6, 6.07) is 10.9. The summed E-state index contributed by atoms with van der Waals surface area (Å²) in [7, 11) is 1.65. The Kier molecular flexibility index (Phi) is 4.51. The Morgan fingerprint density at radius 2 is 2.00 bits per heavy atom. The number of rotatable bonds is 4. The van der Waals surface area contributed by atoms with Gasteiger partial charge in [0.2, 0.25) is 5.95 Å². The Morgan fingerprint density at radius 3 is 2.77 bits per heavy atom. The van der Waals surface area contributed by atoms with E-state index >= 15 is 0 Å². The minimum Gasteiger partial charge on any atom is -0.467 e. The van der Waals surface area contributed by atoms with Crippen molar-refractivity contribution in [2.45, 2.75) is 26.1 Å². The molecule has 0 radical (unpaired) electrons. The van der Waals surface area contributed by atoms with Gasteiger partial charge in [-0.05, 0) is 36.2 Å². The Labute approximate surface area is 176 Å². The summed E-state index contributed by atoms with van der Waals surface area (Å²) < 4.78 is 10.1. The molecule has 0 aliphatic carbocycles. The molecular formula is C21H20ClN5O3. The second-order valence-electron chi connectivity index (χ2n) is 7.45. The molecule has 0 fully saturated rings. The van der Waals surface area contributed by atoms with Crippen molar-refractivity contribution in [3.8, 4) is 0 Å². The SMILES string of the molecule is Cn1c(=O)n(Cc2cccc(Cl)c2)c(=O)c2c1nc1n2CCCN1Cc1ccco1. The first-order valence-electron chi connectivity index (χ1n) is 9.75. The molecule has 8 nitrogen and oxygen atoms in total. The van der Waals surface area contributed by atoms with E-state index < -0.39 is 5.69 Å². The molecule has 0 N–H and O–H groups in total. The number of anilines is 1. The molecule has 0 unspecified atom stereocenters. The van der Waals surface area contributed by atoms with Crippen LogP contribution in [0.25, 0.3) is 11.2 Å². The number of imidazole rings is 1. The quantitative estimate of drug-likeness (QED) is 0.502. The van der Waals surface area contributed by atoms with Gasteiger partial charge in [-0.2, -0.15) is 4.98 Å². The van der Waals surface area contributed by atoms with Crippen molar-refractivity contribution in [3.05, 3.63) is 79.8 Å². The second kappa shape index (κ2) is 7.21. The van der Waals surface area contributed by atoms with Crippen molar-refractivity contribution in [1.82, 2.24) is 18.7 Å². The number of nitrogens with zero attached hydrogens (tertiary/aromatic N) is 5. The van der Waals surface area contributed by atoms with Crippen molar-refractivity contribution in [2.24, 2.45) is 7.05 Å². The monoisotopic (exact) mass is 425 g/mol. The third-order valence-corrected chi connectivity index (χ3v) is 5.70. The largest absolute Gasteiger partial charge is 0.467 e. The fourth-order valence-electron chi connectivity index (χ4n) is 4.03. The molecular weight excluding hydrogens is 406 g/mol. The highest BCUT2D eigenvalue weighted by molar-refractivity contribution is 6.30. The average Bonchev–Trinajstić information content (AvgIpc) is 3.38. The molecule has 0 atom stereocenters. The van der Waals surface area contributed by atoms with E-state index in [0.29, 0.717) is 35.2 Å². The van der Waals surface area contributed by atoms with Crippen LogP contribution < -0.4 is 16.1 Å². The van der Waals surface area contributed by atoms with E-state index in [1.165, 1.54) is 9.13 Å². The fourth-order valence-corrected chi connectivity index (χ4v) is 4.24. The van der Waals surface area contributed by atoms with Gasteiger partial charge in [0, 0.05) is 25.2 Å². The number of benzene rings is 1. The summed E-state index contributed by atoms with van der Waals surface area (Å²) in [6.07, 6.45) is 2.51. The van der Waals surface area contributed by atoms with Gasteiger partial charge in [0.1, 0.15) is 5.76 Å². The van der Waals surface area contributed by atoms with E-state index in [2.05, 4.69) is 9.88 Å². The van der Waals surface area contributed by atoms with Crippen molar-refractivity contribution < 1.29 is 4.42 Å². The van der Waals surface area contributed by atoms with Crippen LogP contribution in [-0.2, 0) is 26.7 Å². The maximum absolute atomic E-state index is 13.4. The molecule has 0 spiro atoms. The number of hydrogen-bond donors (Lipinski definition) is 0. The van der Waals surface area contributed by atoms with Crippen LogP contribution in [0.15, 0.2) is 56.7 Å². The first-order chi connectivity index (χ1) is 14.5. The molecule has 1 aliphatic rings. The van der Waals surface area contributed by atoms with E-state index in [-0.39, 0.29) is 12.1 Å². The average molecular weight is 426 g/mol. The van der Waals surface area contributed by atoms with Crippen LogP contribution in [0, 0.1) is 0 Å². The molecule has 1 aromatic carbocycles. The van der Waals surface area contributed by atoms with E-state index in [4.69, 9.17) is 16.0 Å². The Hall–Kier alpha value is -3.26. The minimum absolute atomic E-state index is 0.151. The van der Waals surface area contributed by atoms with Crippen LogP contribution in [0.5, 0.6) is 0 Å². The van der Waals surface area contributed by atoms with Crippen LogP contribution in [0.3, 0.4) is 0 Å². The molecule has 4 aromatic rings. The molecule has 30 heavy (non-hydrogen) atoms. The van der Waals surface area contributed by atoms with Crippen LogP contribution in [0.4, 0.5) is 5.95 Å². The van der Waals surface area contributed by atoms with Crippen LogP contribution in [0.2, 0.25) is 5.02 Å². The highest BCUT2D eigenvalue weighted by Gasteiger charge is 2.26. The van der Waals surface area contributed by atoms with Crippen molar-refractivity contribution >= 4 is 28.7 Å². The predicted molar refractivity (Wildman–Crippen MR) is 114 cm³/mol. The zero-order chi connectivity index (χ0) is 20.8. The van der Waals surface area contributed by atoms with Gasteiger partial charge in [-0.15, -0.1) is 0 Å². The Bertz CT molecular complexity index is 1350. The molecule has 0 saturated heterocycles. The second-order valence-corrected chi connectivity index (χ2v) is 7.89. The minimum atomic E-state index is -0.402. The number of hydrogen-bond acceptors (Lipinski definition) is 5. The van der Waals surface area contributed by atoms with Crippen molar-refractivity contribution in [2.75, 3.05) is 11.4 Å². The summed E-state index contributed by atoms with van der Waals surface area (Å²) in [6.45, 7) is 2.18. The molecule has 3 aromatic heterocycles. The lowest BCUT2D eigenvalue weighted by molar-refractivity contribution is 0.481. The Balaban J connectivity index is 1.65. The van der Waals surface area contributed by atoms with E-state index in [1.54, 1.807) is 31.5 Å². The highest BCUT2D eigenvalue weighted by atomic mass is 35.5. The van der Waals surface area contributed by atoms with Gasteiger partial charge in [0.05, 0.1) is 19.4 Å². The number of furan rings is 1. The highest BCUT2D eigenvalue weighted by Crippen LogP contribution is 2.26. The zero-order valence-electron chi connectivity index (χ0n) is 16.4. The summed E-state index contributed by atoms with van der Waals surface area (Å²) in [5.74, 6) is 1.50.